The van der Waals surface area contributed by atoms with Gasteiger partial charge in [0.25, 0.3) is 12.3 Å². The largest absolute Gasteiger partial charge is 0.341 e. The van der Waals surface area contributed by atoms with E-state index in [4.69, 9.17) is 0 Å². The molecule has 1 aliphatic rings. The van der Waals surface area contributed by atoms with Crippen LogP contribution in [0.1, 0.15) is 40.8 Å². The summed E-state index contributed by atoms with van der Waals surface area (Å²) in [4.78, 5) is 28.1. The Morgan fingerprint density at radius 3 is 2.80 bits per heavy atom. The number of hydrogen-bond donors (Lipinski definition) is 1. The molecule has 0 spiro atoms. The average Bonchev–Trinajstić information content (AvgIpc) is 3.44. The SMILES string of the molecule is Cc1cnc(Nc2ccnn2C)nc1-c1cc2n(c1)CC(C)N(Cc1cccc(C(F)F)n1)C2=O. The van der Waals surface area contributed by atoms with E-state index >= 15 is 0 Å². The van der Waals surface area contributed by atoms with Gasteiger partial charge in [0, 0.05) is 43.7 Å². The minimum atomic E-state index is -2.66. The maximum absolute atomic E-state index is 13.4. The second kappa shape index (κ2) is 8.90. The van der Waals surface area contributed by atoms with E-state index in [0.29, 0.717) is 29.6 Å². The second-order valence-corrected chi connectivity index (χ2v) is 8.59. The van der Waals surface area contributed by atoms with Crippen molar-refractivity contribution in [3.8, 4) is 11.3 Å². The van der Waals surface area contributed by atoms with E-state index in [1.165, 1.54) is 6.07 Å². The molecule has 35 heavy (non-hydrogen) atoms. The lowest BCUT2D eigenvalue weighted by Gasteiger charge is -2.34. The summed E-state index contributed by atoms with van der Waals surface area (Å²) in [6.45, 7) is 4.58. The fourth-order valence-electron chi connectivity index (χ4n) is 4.22. The fraction of sp³-hybridized carbons (Fsp3) is 0.292. The van der Waals surface area contributed by atoms with Crippen molar-refractivity contribution in [3.63, 3.8) is 0 Å². The number of hydrogen-bond acceptors (Lipinski definition) is 6. The number of anilines is 2. The summed E-state index contributed by atoms with van der Waals surface area (Å²) in [6.07, 6.45) is 2.67. The Hall–Kier alpha value is -4.15. The molecule has 0 radical (unpaired) electrons. The third-order valence-electron chi connectivity index (χ3n) is 6.06. The first-order valence-corrected chi connectivity index (χ1v) is 11.1. The molecule has 1 unspecified atom stereocenters. The number of rotatable bonds is 6. The van der Waals surface area contributed by atoms with Crippen LogP contribution in [0.5, 0.6) is 0 Å². The standard InChI is InChI=1S/C24H24F2N8O/c1-14-10-27-24(30-20-7-8-28-32(20)3)31-21(14)16-9-19-23(35)34(15(2)11-33(19)12-16)13-17-5-4-6-18(29-17)22(25)26/h4-10,12,15,22H,11,13H2,1-3H3,(H,27,30,31). The highest BCUT2D eigenvalue weighted by molar-refractivity contribution is 5.95. The van der Waals surface area contributed by atoms with E-state index in [9.17, 15) is 13.6 Å². The molecule has 1 amide bonds. The highest BCUT2D eigenvalue weighted by atomic mass is 19.3. The first-order chi connectivity index (χ1) is 16.8. The lowest BCUT2D eigenvalue weighted by molar-refractivity contribution is 0.0592. The summed E-state index contributed by atoms with van der Waals surface area (Å²) in [6, 6.07) is 7.98. The molecule has 0 aliphatic carbocycles. The highest BCUT2D eigenvalue weighted by Crippen LogP contribution is 2.29. The molecule has 4 aromatic heterocycles. The molecule has 5 rings (SSSR count). The van der Waals surface area contributed by atoms with Crippen LogP contribution in [0.15, 0.2) is 48.9 Å². The number of nitrogens with zero attached hydrogens (tertiary/aromatic N) is 7. The number of pyridine rings is 1. The Bertz CT molecular complexity index is 1400. The Morgan fingerprint density at radius 1 is 1.23 bits per heavy atom. The molecule has 1 atom stereocenters. The molecule has 0 saturated heterocycles. The molecule has 0 bridgehead atoms. The zero-order valence-corrected chi connectivity index (χ0v) is 19.5. The van der Waals surface area contributed by atoms with Crippen molar-refractivity contribution in [1.82, 2.24) is 34.2 Å². The monoisotopic (exact) mass is 478 g/mol. The zero-order valence-electron chi connectivity index (χ0n) is 19.5. The van der Waals surface area contributed by atoms with Crippen LogP contribution < -0.4 is 5.32 Å². The zero-order chi connectivity index (χ0) is 24.7. The molecule has 11 heteroatoms. The molecule has 4 aromatic rings. The van der Waals surface area contributed by atoms with Crippen molar-refractivity contribution in [2.45, 2.75) is 39.4 Å². The van der Waals surface area contributed by atoms with Gasteiger partial charge in [0.05, 0.1) is 24.1 Å². The summed E-state index contributed by atoms with van der Waals surface area (Å²) >= 11 is 0. The molecule has 9 nitrogen and oxygen atoms in total. The van der Waals surface area contributed by atoms with Crippen LogP contribution in [0, 0.1) is 6.92 Å². The smallest absolute Gasteiger partial charge is 0.280 e. The van der Waals surface area contributed by atoms with Gasteiger partial charge in [-0.3, -0.25) is 9.48 Å². The van der Waals surface area contributed by atoms with E-state index in [1.807, 2.05) is 43.8 Å². The molecular weight excluding hydrogens is 454 g/mol. The third-order valence-corrected chi connectivity index (χ3v) is 6.06. The number of nitrogens with one attached hydrogen (secondary N) is 1. The van der Waals surface area contributed by atoms with Gasteiger partial charge in [0.1, 0.15) is 17.2 Å². The van der Waals surface area contributed by atoms with Gasteiger partial charge in [-0.25, -0.2) is 23.7 Å². The second-order valence-electron chi connectivity index (χ2n) is 8.59. The highest BCUT2D eigenvalue weighted by Gasteiger charge is 2.31. The Labute approximate surface area is 200 Å². The van der Waals surface area contributed by atoms with Crippen molar-refractivity contribution < 1.29 is 13.6 Å². The molecule has 0 fully saturated rings. The van der Waals surface area contributed by atoms with Gasteiger partial charge in [-0.2, -0.15) is 5.10 Å². The van der Waals surface area contributed by atoms with Crippen LogP contribution in [-0.4, -0.2) is 46.1 Å². The number of halogens is 2. The topological polar surface area (TPSA) is 93.8 Å². The summed E-state index contributed by atoms with van der Waals surface area (Å²) in [7, 11) is 1.82. The Morgan fingerprint density at radius 2 is 2.06 bits per heavy atom. The van der Waals surface area contributed by atoms with Crippen molar-refractivity contribution in [3.05, 3.63) is 71.6 Å². The minimum absolute atomic E-state index is 0.138. The van der Waals surface area contributed by atoms with Crippen molar-refractivity contribution in [2.24, 2.45) is 7.05 Å². The number of carbonyl (C=O) groups is 1. The van der Waals surface area contributed by atoms with Gasteiger partial charge in [-0.1, -0.05) is 6.07 Å². The number of carbonyl (C=O) groups excluding carboxylic acids is 1. The van der Waals surface area contributed by atoms with Gasteiger partial charge in [-0.15, -0.1) is 0 Å². The van der Waals surface area contributed by atoms with Gasteiger partial charge in [-0.05, 0) is 37.6 Å². The Kier molecular flexibility index (Phi) is 5.75. The van der Waals surface area contributed by atoms with Crippen molar-refractivity contribution in [1.29, 1.82) is 0 Å². The molecule has 5 heterocycles. The fourth-order valence-corrected chi connectivity index (χ4v) is 4.22. The van der Waals surface area contributed by atoms with Crippen molar-refractivity contribution in [2.75, 3.05) is 5.32 Å². The molecule has 0 saturated carbocycles. The lowest BCUT2D eigenvalue weighted by atomic mass is 10.1. The van der Waals surface area contributed by atoms with Gasteiger partial charge >= 0.3 is 0 Å². The minimum Gasteiger partial charge on any atom is -0.341 e. The maximum Gasteiger partial charge on any atom is 0.280 e. The van der Waals surface area contributed by atoms with Crippen LogP contribution in [0.4, 0.5) is 20.5 Å². The molecular formula is C24H24F2N8O. The van der Waals surface area contributed by atoms with Crippen LogP contribution in [0.25, 0.3) is 11.3 Å². The van der Waals surface area contributed by atoms with E-state index in [1.54, 1.807) is 34.1 Å². The quantitative estimate of drug-likeness (QED) is 0.448. The number of fused-ring (bicyclic) bond motifs is 1. The maximum atomic E-state index is 13.4. The van der Waals surface area contributed by atoms with E-state index in [-0.39, 0.29) is 24.2 Å². The summed E-state index contributed by atoms with van der Waals surface area (Å²) < 4.78 is 29.7. The van der Waals surface area contributed by atoms with Crippen LogP contribution in [-0.2, 0) is 20.1 Å². The summed E-state index contributed by atoms with van der Waals surface area (Å²) in [5.41, 5.74) is 3.04. The number of aryl methyl sites for hydroxylation is 2. The number of amides is 1. The normalized spacial score (nSPS) is 15.5. The van der Waals surface area contributed by atoms with Gasteiger partial charge in [0.2, 0.25) is 5.95 Å². The van der Waals surface area contributed by atoms with Crippen LogP contribution in [0.3, 0.4) is 0 Å². The van der Waals surface area contributed by atoms with Crippen molar-refractivity contribution >= 4 is 17.7 Å². The Balaban J connectivity index is 1.42. The summed E-state index contributed by atoms with van der Waals surface area (Å²) in [5, 5.41) is 7.28. The lowest BCUT2D eigenvalue weighted by Crippen LogP contribution is -2.45. The predicted molar refractivity (Wildman–Crippen MR) is 125 cm³/mol. The van der Waals surface area contributed by atoms with Gasteiger partial charge in [0.15, 0.2) is 0 Å². The molecule has 0 aromatic carbocycles. The van der Waals surface area contributed by atoms with E-state index in [0.717, 1.165) is 16.9 Å². The van der Waals surface area contributed by atoms with Gasteiger partial charge < -0.3 is 14.8 Å². The number of alkyl halides is 2. The van der Waals surface area contributed by atoms with E-state index < -0.39 is 6.43 Å². The molecule has 1 aliphatic heterocycles. The first-order valence-electron chi connectivity index (χ1n) is 11.1. The van der Waals surface area contributed by atoms with Crippen LogP contribution >= 0.6 is 0 Å². The average molecular weight is 479 g/mol. The number of aromatic nitrogens is 6. The third kappa shape index (κ3) is 4.36. The predicted octanol–water partition coefficient (Wildman–Crippen LogP) is 4.11. The van der Waals surface area contributed by atoms with E-state index in [2.05, 4.69) is 25.4 Å². The first kappa shape index (κ1) is 22.6. The molecule has 180 valence electrons. The molecule has 1 N–H and O–H groups in total. The summed E-state index contributed by atoms with van der Waals surface area (Å²) in [5.74, 6) is 0.990. The van der Waals surface area contributed by atoms with Crippen LogP contribution in [0.2, 0.25) is 0 Å².